The van der Waals surface area contributed by atoms with Crippen molar-refractivity contribution in [2.45, 2.75) is 46.5 Å². The molecule has 1 aliphatic heterocycles. The van der Waals surface area contributed by atoms with Crippen LogP contribution in [0, 0.1) is 23.7 Å². The average molecular weight is 389 g/mol. The van der Waals surface area contributed by atoms with Crippen molar-refractivity contribution in [3.63, 3.8) is 0 Å². The summed E-state index contributed by atoms with van der Waals surface area (Å²) < 4.78 is 0. The lowest BCUT2D eigenvalue weighted by molar-refractivity contribution is -0.118. The molecular weight excluding hydrogens is 364 g/mol. The number of ketones is 1. The van der Waals surface area contributed by atoms with Crippen LogP contribution < -0.4 is 5.32 Å². The van der Waals surface area contributed by atoms with E-state index in [1.54, 1.807) is 11.3 Å². The van der Waals surface area contributed by atoms with Crippen molar-refractivity contribution in [2.24, 2.45) is 5.41 Å². The van der Waals surface area contributed by atoms with E-state index in [-0.39, 0.29) is 17.1 Å². The number of aryl methyl sites for hydroxylation is 1. The van der Waals surface area contributed by atoms with Crippen molar-refractivity contribution in [1.29, 1.82) is 5.26 Å². The molecule has 1 aliphatic carbocycles. The number of carbonyl (C=O) groups excluding carboxylic acids is 1. The van der Waals surface area contributed by atoms with Crippen LogP contribution in [0.2, 0.25) is 0 Å². The number of nitrogens with zero attached hydrogens (tertiary/aromatic N) is 1. The number of nitriles is 1. The van der Waals surface area contributed by atoms with Crippen LogP contribution in [-0.2, 0) is 4.79 Å². The second-order valence-electron chi connectivity index (χ2n) is 8.65. The topological polar surface area (TPSA) is 52.9 Å². The van der Waals surface area contributed by atoms with E-state index in [0.29, 0.717) is 12.0 Å². The Balaban J connectivity index is 1.81. The Morgan fingerprint density at radius 2 is 1.86 bits per heavy atom. The summed E-state index contributed by atoms with van der Waals surface area (Å²) in [5.74, 6) is -0.0941. The van der Waals surface area contributed by atoms with Gasteiger partial charge in [0, 0.05) is 28.3 Å². The maximum atomic E-state index is 13.1. The van der Waals surface area contributed by atoms with Gasteiger partial charge in [0.25, 0.3) is 0 Å². The highest BCUT2D eigenvalue weighted by molar-refractivity contribution is 7.10. The predicted molar refractivity (Wildman–Crippen MR) is 114 cm³/mol. The van der Waals surface area contributed by atoms with Gasteiger partial charge >= 0.3 is 0 Å². The first-order valence-electron chi connectivity index (χ1n) is 9.59. The minimum absolute atomic E-state index is 0.0552. The van der Waals surface area contributed by atoms with Crippen LogP contribution in [0.5, 0.6) is 0 Å². The molecule has 4 heteroatoms. The van der Waals surface area contributed by atoms with Crippen LogP contribution >= 0.6 is 11.3 Å². The molecule has 0 saturated carbocycles. The second-order valence-corrected chi connectivity index (χ2v) is 9.59. The number of benzene rings is 1. The number of nitrogens with one attached hydrogen (secondary N) is 1. The maximum absolute atomic E-state index is 13.1. The molecular formula is C24H24N2OS. The number of rotatable bonds is 2. The van der Waals surface area contributed by atoms with E-state index >= 15 is 0 Å². The third-order valence-electron chi connectivity index (χ3n) is 5.65. The second kappa shape index (κ2) is 6.76. The lowest BCUT2D eigenvalue weighted by Gasteiger charge is -2.38. The fourth-order valence-corrected chi connectivity index (χ4v) is 5.30. The molecule has 0 amide bonds. The van der Waals surface area contributed by atoms with E-state index in [9.17, 15) is 10.1 Å². The standard InChI is InChI=1S/C24H24N2OS/c1-14-5-7-16(8-6-14)17-9-21(28-13-17)22-18(12-25)15(2)26-19-10-24(3,4)11-20(27)23(19)22/h5-9,13,22,26H,10-11H2,1-4H3. The number of hydrogen-bond acceptors (Lipinski definition) is 4. The van der Waals surface area contributed by atoms with E-state index in [4.69, 9.17) is 0 Å². The summed E-state index contributed by atoms with van der Waals surface area (Å²) in [6.45, 7) is 8.28. The largest absolute Gasteiger partial charge is 0.361 e. The molecule has 3 nitrogen and oxygen atoms in total. The summed E-state index contributed by atoms with van der Waals surface area (Å²) in [6, 6.07) is 13.0. The molecule has 0 fully saturated rings. The molecule has 1 atom stereocenters. The smallest absolute Gasteiger partial charge is 0.162 e. The Labute approximate surface area is 170 Å². The summed E-state index contributed by atoms with van der Waals surface area (Å²) in [5.41, 5.74) is 6.78. The number of hydrogen-bond donors (Lipinski definition) is 1. The molecule has 1 N–H and O–H groups in total. The quantitative estimate of drug-likeness (QED) is 0.702. The molecule has 1 aromatic heterocycles. The van der Waals surface area contributed by atoms with Crippen LogP contribution in [0.1, 0.15) is 50.0 Å². The normalized spacial score (nSPS) is 21.2. The monoisotopic (exact) mass is 388 g/mol. The maximum Gasteiger partial charge on any atom is 0.162 e. The summed E-state index contributed by atoms with van der Waals surface area (Å²) in [4.78, 5) is 14.1. The zero-order valence-electron chi connectivity index (χ0n) is 16.7. The number of dihydropyridines is 1. The van der Waals surface area contributed by atoms with Crippen LogP contribution in [0.25, 0.3) is 11.1 Å². The van der Waals surface area contributed by atoms with E-state index < -0.39 is 0 Å². The Kier molecular flexibility index (Phi) is 4.51. The summed E-state index contributed by atoms with van der Waals surface area (Å²) in [7, 11) is 0. The van der Waals surface area contributed by atoms with E-state index in [0.717, 1.165) is 39.4 Å². The fourth-order valence-electron chi connectivity index (χ4n) is 4.27. The summed E-state index contributed by atoms with van der Waals surface area (Å²) in [5, 5.41) is 15.3. The average Bonchev–Trinajstić information content (AvgIpc) is 3.09. The SMILES string of the molecule is CC1=C(C#N)C(c2cc(-c3ccc(C)cc3)cs2)C2=C(CC(C)(C)CC2=O)N1. The van der Waals surface area contributed by atoms with Crippen molar-refractivity contribution in [3.05, 3.63) is 68.7 Å². The minimum Gasteiger partial charge on any atom is -0.361 e. The molecule has 4 rings (SSSR count). The molecule has 2 aliphatic rings. The van der Waals surface area contributed by atoms with Gasteiger partial charge in [0.05, 0.1) is 17.6 Å². The van der Waals surface area contributed by atoms with Crippen molar-refractivity contribution in [1.82, 2.24) is 5.32 Å². The molecule has 0 spiro atoms. The van der Waals surface area contributed by atoms with Gasteiger partial charge in [0.15, 0.2) is 5.78 Å². The van der Waals surface area contributed by atoms with Crippen molar-refractivity contribution < 1.29 is 4.79 Å². The van der Waals surface area contributed by atoms with Gasteiger partial charge in [-0.2, -0.15) is 5.26 Å². The van der Waals surface area contributed by atoms with Crippen molar-refractivity contribution in [3.8, 4) is 17.2 Å². The zero-order chi connectivity index (χ0) is 20.1. The Morgan fingerprint density at radius 1 is 1.14 bits per heavy atom. The van der Waals surface area contributed by atoms with Gasteiger partial charge < -0.3 is 5.32 Å². The lowest BCUT2D eigenvalue weighted by Crippen LogP contribution is -2.36. The molecule has 0 saturated heterocycles. The van der Waals surface area contributed by atoms with Crippen molar-refractivity contribution in [2.75, 3.05) is 0 Å². The lowest BCUT2D eigenvalue weighted by atomic mass is 9.70. The minimum atomic E-state index is -0.256. The number of Topliss-reactive ketones (excluding diaryl/α,β-unsaturated/α-hetero) is 1. The Hall–Kier alpha value is -2.64. The highest BCUT2D eigenvalue weighted by atomic mass is 32.1. The van der Waals surface area contributed by atoms with Crippen LogP contribution in [-0.4, -0.2) is 5.78 Å². The molecule has 0 bridgehead atoms. The van der Waals surface area contributed by atoms with E-state index in [1.807, 2.05) is 6.92 Å². The van der Waals surface area contributed by atoms with E-state index in [2.05, 4.69) is 67.9 Å². The van der Waals surface area contributed by atoms with Gasteiger partial charge in [-0.1, -0.05) is 43.7 Å². The molecule has 1 aromatic carbocycles. The third-order valence-corrected chi connectivity index (χ3v) is 6.65. The Bertz CT molecular complexity index is 1060. The molecule has 1 unspecified atom stereocenters. The number of carbonyl (C=O) groups is 1. The predicted octanol–water partition coefficient (Wildman–Crippen LogP) is 5.85. The molecule has 2 aromatic rings. The van der Waals surface area contributed by atoms with Crippen LogP contribution in [0.4, 0.5) is 0 Å². The van der Waals surface area contributed by atoms with Crippen LogP contribution in [0.3, 0.4) is 0 Å². The highest BCUT2D eigenvalue weighted by Crippen LogP contribution is 2.48. The van der Waals surface area contributed by atoms with Gasteiger partial charge in [0.1, 0.15) is 0 Å². The van der Waals surface area contributed by atoms with Gasteiger partial charge in [0.2, 0.25) is 0 Å². The molecule has 0 radical (unpaired) electrons. The Morgan fingerprint density at radius 3 is 2.54 bits per heavy atom. The van der Waals surface area contributed by atoms with Gasteiger partial charge in [-0.25, -0.2) is 0 Å². The summed E-state index contributed by atoms with van der Waals surface area (Å²) >= 11 is 1.63. The van der Waals surface area contributed by atoms with Crippen LogP contribution in [0.15, 0.2) is 58.3 Å². The first-order valence-corrected chi connectivity index (χ1v) is 10.5. The van der Waals surface area contributed by atoms with Gasteiger partial charge in [-0.15, -0.1) is 11.3 Å². The zero-order valence-corrected chi connectivity index (χ0v) is 17.5. The number of allylic oxidation sites excluding steroid dienone is 4. The number of thiophene rings is 1. The molecule has 28 heavy (non-hydrogen) atoms. The first kappa shape index (κ1) is 18.7. The third kappa shape index (κ3) is 3.21. The molecule has 2 heterocycles. The van der Waals surface area contributed by atoms with E-state index in [1.165, 1.54) is 5.56 Å². The van der Waals surface area contributed by atoms with Gasteiger partial charge in [-0.3, -0.25) is 4.79 Å². The fraction of sp³-hybridized carbons (Fsp3) is 0.333. The van der Waals surface area contributed by atoms with Gasteiger partial charge in [-0.05, 0) is 48.3 Å². The first-order chi connectivity index (χ1) is 13.3. The highest BCUT2D eigenvalue weighted by Gasteiger charge is 2.41. The van der Waals surface area contributed by atoms with Crippen molar-refractivity contribution >= 4 is 17.1 Å². The summed E-state index contributed by atoms with van der Waals surface area (Å²) in [6.07, 6.45) is 1.36. The molecule has 142 valence electrons.